The van der Waals surface area contributed by atoms with E-state index >= 15 is 0 Å². The summed E-state index contributed by atoms with van der Waals surface area (Å²) in [5, 5.41) is 5.92. The Morgan fingerprint density at radius 1 is 1.37 bits per heavy atom. The van der Waals surface area contributed by atoms with Crippen LogP contribution in [0, 0.1) is 5.82 Å². The Hall–Kier alpha value is -1.42. The number of hydrogen-bond acceptors (Lipinski definition) is 2. The van der Waals surface area contributed by atoms with Crippen molar-refractivity contribution in [2.75, 3.05) is 20.1 Å². The van der Waals surface area contributed by atoms with E-state index in [1.807, 2.05) is 27.0 Å². The number of carbonyl (C=O) groups excluding carboxylic acids is 1. The molecular weight excluding hydrogens is 243 g/mol. The van der Waals surface area contributed by atoms with Crippen molar-refractivity contribution in [1.29, 1.82) is 0 Å². The largest absolute Gasteiger partial charge is 0.355 e. The van der Waals surface area contributed by atoms with Gasteiger partial charge in [-0.2, -0.15) is 0 Å². The van der Waals surface area contributed by atoms with Crippen molar-refractivity contribution in [2.45, 2.75) is 32.1 Å². The quantitative estimate of drug-likeness (QED) is 0.743. The highest BCUT2D eigenvalue weighted by Gasteiger charge is 2.21. The van der Waals surface area contributed by atoms with Crippen LogP contribution in [0.5, 0.6) is 0 Å². The van der Waals surface area contributed by atoms with E-state index in [0.717, 1.165) is 18.5 Å². The molecule has 0 radical (unpaired) electrons. The van der Waals surface area contributed by atoms with Gasteiger partial charge in [0.15, 0.2) is 0 Å². The zero-order valence-electron chi connectivity index (χ0n) is 11.9. The molecule has 19 heavy (non-hydrogen) atoms. The molecule has 1 amide bonds. The molecule has 3 nitrogen and oxygen atoms in total. The molecule has 0 spiro atoms. The maximum atomic E-state index is 13.2. The van der Waals surface area contributed by atoms with Gasteiger partial charge in [0.25, 0.3) is 0 Å². The molecule has 106 valence electrons. The Balaban J connectivity index is 2.48. The Morgan fingerprint density at radius 3 is 2.74 bits per heavy atom. The molecule has 0 heterocycles. The third kappa shape index (κ3) is 5.39. The normalized spacial score (nSPS) is 11.4. The molecule has 0 unspecified atom stereocenters. The highest BCUT2D eigenvalue weighted by atomic mass is 19.1. The molecule has 0 aromatic heterocycles. The zero-order chi connectivity index (χ0) is 14.3. The monoisotopic (exact) mass is 266 g/mol. The molecule has 1 rings (SSSR count). The van der Waals surface area contributed by atoms with Crippen LogP contribution in [-0.2, 0) is 10.2 Å². The highest BCUT2D eigenvalue weighted by molar-refractivity contribution is 5.75. The van der Waals surface area contributed by atoms with E-state index in [9.17, 15) is 9.18 Å². The maximum Gasteiger partial charge on any atom is 0.220 e. The maximum absolute atomic E-state index is 13.2. The van der Waals surface area contributed by atoms with Crippen molar-refractivity contribution in [2.24, 2.45) is 0 Å². The summed E-state index contributed by atoms with van der Waals surface area (Å²) in [6, 6.07) is 6.53. The van der Waals surface area contributed by atoms with E-state index in [1.165, 1.54) is 12.1 Å². The van der Waals surface area contributed by atoms with Crippen molar-refractivity contribution >= 4 is 5.91 Å². The summed E-state index contributed by atoms with van der Waals surface area (Å²) >= 11 is 0. The lowest BCUT2D eigenvalue weighted by molar-refractivity contribution is -0.121. The highest BCUT2D eigenvalue weighted by Crippen LogP contribution is 2.22. The zero-order valence-corrected chi connectivity index (χ0v) is 11.9. The van der Waals surface area contributed by atoms with Crippen LogP contribution in [0.2, 0.25) is 0 Å². The van der Waals surface area contributed by atoms with E-state index in [1.54, 1.807) is 6.07 Å². The fourth-order valence-corrected chi connectivity index (χ4v) is 1.85. The van der Waals surface area contributed by atoms with Gasteiger partial charge in [0, 0.05) is 18.4 Å². The Bertz CT molecular complexity index is 418. The predicted molar refractivity (Wildman–Crippen MR) is 75.6 cm³/mol. The van der Waals surface area contributed by atoms with Crippen molar-refractivity contribution < 1.29 is 9.18 Å². The van der Waals surface area contributed by atoms with Crippen molar-refractivity contribution in [3.8, 4) is 0 Å². The first-order valence-corrected chi connectivity index (χ1v) is 6.63. The average molecular weight is 266 g/mol. The first-order chi connectivity index (χ1) is 8.95. The summed E-state index contributed by atoms with van der Waals surface area (Å²) in [6.45, 7) is 5.33. The summed E-state index contributed by atoms with van der Waals surface area (Å²) in [6.07, 6.45) is 1.34. The average Bonchev–Trinajstić information content (AvgIpc) is 2.37. The molecule has 0 aliphatic carbocycles. The van der Waals surface area contributed by atoms with E-state index in [4.69, 9.17) is 0 Å². The predicted octanol–water partition coefficient (Wildman–Crippen LogP) is 2.22. The van der Waals surface area contributed by atoms with Crippen molar-refractivity contribution in [1.82, 2.24) is 10.6 Å². The summed E-state index contributed by atoms with van der Waals surface area (Å²) in [4.78, 5) is 11.6. The van der Waals surface area contributed by atoms with E-state index in [-0.39, 0.29) is 17.1 Å². The molecule has 0 bridgehead atoms. The summed E-state index contributed by atoms with van der Waals surface area (Å²) in [5.41, 5.74) is 0.615. The number of benzene rings is 1. The van der Waals surface area contributed by atoms with Gasteiger partial charge in [-0.05, 0) is 37.7 Å². The number of rotatable bonds is 7. The Labute approximate surface area is 114 Å². The lowest BCUT2D eigenvalue weighted by atomic mass is 9.84. The molecule has 2 N–H and O–H groups in total. The van der Waals surface area contributed by atoms with Crippen LogP contribution in [0.1, 0.15) is 32.3 Å². The lowest BCUT2D eigenvalue weighted by Crippen LogP contribution is -2.36. The molecule has 0 aliphatic rings. The minimum absolute atomic E-state index is 0.0414. The minimum Gasteiger partial charge on any atom is -0.355 e. The van der Waals surface area contributed by atoms with Gasteiger partial charge in [0.05, 0.1) is 0 Å². The third-order valence-corrected chi connectivity index (χ3v) is 3.16. The topological polar surface area (TPSA) is 41.1 Å². The second-order valence-corrected chi connectivity index (χ2v) is 5.38. The molecule has 0 atom stereocenters. The van der Waals surface area contributed by atoms with Crippen LogP contribution in [0.4, 0.5) is 4.39 Å². The summed E-state index contributed by atoms with van der Waals surface area (Å²) in [7, 11) is 1.87. The van der Waals surface area contributed by atoms with Crippen LogP contribution in [-0.4, -0.2) is 26.0 Å². The number of nitrogens with one attached hydrogen (secondary N) is 2. The molecule has 0 fully saturated rings. The Morgan fingerprint density at radius 2 is 2.11 bits per heavy atom. The van der Waals surface area contributed by atoms with Gasteiger partial charge in [0.2, 0.25) is 5.91 Å². The smallest absolute Gasteiger partial charge is 0.220 e. The molecule has 1 aromatic carbocycles. The fraction of sp³-hybridized carbons (Fsp3) is 0.533. The number of hydrogen-bond donors (Lipinski definition) is 2. The van der Waals surface area contributed by atoms with Gasteiger partial charge in [-0.25, -0.2) is 4.39 Å². The van der Waals surface area contributed by atoms with Crippen LogP contribution in [0.25, 0.3) is 0 Å². The van der Waals surface area contributed by atoms with Gasteiger partial charge >= 0.3 is 0 Å². The van der Waals surface area contributed by atoms with E-state index in [0.29, 0.717) is 13.0 Å². The van der Waals surface area contributed by atoms with Gasteiger partial charge in [-0.15, -0.1) is 0 Å². The van der Waals surface area contributed by atoms with Crippen molar-refractivity contribution in [3.05, 3.63) is 35.6 Å². The van der Waals surface area contributed by atoms with Crippen LogP contribution >= 0.6 is 0 Å². The van der Waals surface area contributed by atoms with Crippen LogP contribution in [0.3, 0.4) is 0 Å². The first-order valence-electron chi connectivity index (χ1n) is 6.63. The molecule has 0 saturated heterocycles. The van der Waals surface area contributed by atoms with Gasteiger partial charge < -0.3 is 10.6 Å². The lowest BCUT2D eigenvalue weighted by Gasteiger charge is -2.25. The van der Waals surface area contributed by atoms with Gasteiger partial charge in [0.1, 0.15) is 5.82 Å². The first kappa shape index (κ1) is 15.6. The Kier molecular flexibility index (Phi) is 5.96. The molecule has 4 heteroatoms. The molecule has 0 aliphatic heterocycles. The molecule has 0 saturated carbocycles. The summed E-state index contributed by atoms with van der Waals surface area (Å²) in [5.74, 6) is -0.203. The minimum atomic E-state index is -0.277. The van der Waals surface area contributed by atoms with Gasteiger partial charge in [-0.3, -0.25) is 4.79 Å². The molecule has 1 aromatic rings. The number of carbonyl (C=O) groups is 1. The van der Waals surface area contributed by atoms with Gasteiger partial charge in [-0.1, -0.05) is 26.0 Å². The summed E-state index contributed by atoms with van der Waals surface area (Å²) < 4.78 is 13.2. The third-order valence-electron chi connectivity index (χ3n) is 3.16. The SMILES string of the molecule is CNCCCC(=O)NCC(C)(C)c1cccc(F)c1. The number of amides is 1. The van der Waals surface area contributed by atoms with E-state index in [2.05, 4.69) is 10.6 Å². The standard InChI is InChI=1S/C15H23FN2O/c1-15(2,12-6-4-7-13(16)10-12)11-18-14(19)8-5-9-17-3/h4,6-7,10,17H,5,8-9,11H2,1-3H3,(H,18,19). The second-order valence-electron chi connectivity index (χ2n) is 5.38. The van der Waals surface area contributed by atoms with Crippen LogP contribution in [0.15, 0.2) is 24.3 Å². The fourth-order valence-electron chi connectivity index (χ4n) is 1.85. The number of halogens is 1. The second kappa shape index (κ2) is 7.24. The van der Waals surface area contributed by atoms with E-state index < -0.39 is 0 Å². The van der Waals surface area contributed by atoms with Crippen LogP contribution < -0.4 is 10.6 Å². The van der Waals surface area contributed by atoms with Crippen molar-refractivity contribution in [3.63, 3.8) is 0 Å². The molecular formula is C15H23FN2O.